The molecule has 0 unspecified atom stereocenters. The lowest BCUT2D eigenvalue weighted by Gasteiger charge is -2.03. The van der Waals surface area contributed by atoms with Gasteiger partial charge in [-0.2, -0.15) is 0 Å². The molecule has 4 nitrogen and oxygen atoms in total. The molecule has 0 aliphatic heterocycles. The maximum Gasteiger partial charge on any atom is 0.311 e. The molecule has 2 aromatic carbocycles. The van der Waals surface area contributed by atoms with E-state index in [2.05, 4.69) is 94.5 Å². The summed E-state index contributed by atoms with van der Waals surface area (Å²) in [5, 5.41) is 1.36. The minimum Gasteiger partial charge on any atom is -0.322 e. The van der Waals surface area contributed by atoms with Gasteiger partial charge in [-0.05, 0) is 52.0 Å². The van der Waals surface area contributed by atoms with E-state index in [-0.39, 0.29) is 0 Å². The lowest BCUT2D eigenvalue weighted by Crippen LogP contribution is -2.45. The Bertz CT molecular complexity index is 1090. The van der Waals surface area contributed by atoms with E-state index in [9.17, 15) is 0 Å². The van der Waals surface area contributed by atoms with Crippen LogP contribution in [0.2, 0.25) is 0 Å². The van der Waals surface area contributed by atoms with Gasteiger partial charge >= 0.3 is 5.57 Å². The number of aromatic nitrogens is 4. The molecule has 0 spiro atoms. The van der Waals surface area contributed by atoms with E-state index in [1.165, 1.54) is 41.0 Å². The first kappa shape index (κ1) is 18.1. The summed E-state index contributed by atoms with van der Waals surface area (Å²) in [5.41, 5.74) is 6.66. The monoisotopic (exact) mass is 379 g/mol. The minimum atomic E-state index is 0.980. The molecule has 2 heterocycles. The van der Waals surface area contributed by atoms with Gasteiger partial charge in [0.1, 0.15) is 5.20 Å². The quantitative estimate of drug-likeness (QED) is 0.357. The van der Waals surface area contributed by atoms with Crippen molar-refractivity contribution < 1.29 is 4.57 Å². The zero-order chi connectivity index (χ0) is 19.0. The number of aryl methyl sites for hydroxylation is 4. The molecule has 0 atom stereocenters. The first-order valence-electron chi connectivity index (χ1n) is 9.98. The molecular formula is C22H28N4P+. The number of imidazole rings is 2. The summed E-state index contributed by atoms with van der Waals surface area (Å²) in [6.45, 7) is 12.9. The Hall–Kier alpha value is -2.32. The topological polar surface area (TPSA) is 18.7 Å². The maximum absolute atomic E-state index is 2.47. The van der Waals surface area contributed by atoms with Crippen molar-refractivity contribution in [1.82, 2.24) is 13.7 Å². The smallest absolute Gasteiger partial charge is 0.311 e. The van der Waals surface area contributed by atoms with Crippen molar-refractivity contribution in [3.63, 3.8) is 0 Å². The number of rotatable bonds is 5. The highest BCUT2D eigenvalue weighted by Gasteiger charge is 2.22. The fraction of sp³-hybridized carbons (Fsp3) is 0.364. The highest BCUT2D eigenvalue weighted by Crippen LogP contribution is 2.22. The molecule has 0 saturated heterocycles. The third-order valence-corrected chi connectivity index (χ3v) is 6.72. The first-order chi connectivity index (χ1) is 13.2. The third kappa shape index (κ3) is 2.74. The summed E-state index contributed by atoms with van der Waals surface area (Å²) in [4.78, 5) is 0. The van der Waals surface area contributed by atoms with Gasteiger partial charge in [-0.1, -0.05) is 24.3 Å². The van der Waals surface area contributed by atoms with Gasteiger partial charge in [-0.3, -0.25) is 0 Å². The van der Waals surface area contributed by atoms with Crippen LogP contribution in [0.4, 0.5) is 0 Å². The van der Waals surface area contributed by atoms with Gasteiger partial charge in [-0.25, -0.2) is 9.13 Å². The summed E-state index contributed by atoms with van der Waals surface area (Å²) in [7, 11) is 1.26. The predicted octanol–water partition coefficient (Wildman–Crippen LogP) is 4.57. The van der Waals surface area contributed by atoms with Gasteiger partial charge < -0.3 is 9.13 Å². The van der Waals surface area contributed by atoms with E-state index in [1.807, 2.05) is 0 Å². The lowest BCUT2D eigenvalue weighted by molar-refractivity contribution is -0.649. The molecule has 2 aromatic heterocycles. The molecule has 0 amide bonds. The second-order valence-corrected chi connectivity index (χ2v) is 7.69. The van der Waals surface area contributed by atoms with Crippen LogP contribution in [0.25, 0.3) is 22.1 Å². The standard InChI is InChI=1S/C22H28N4P/c1-5-23-17-13-9-10-14-18(17)24(6-2)21(23)27-22-25(7-3)19-15-11-12-16-20(19)26(22)8-4/h9-16H,5-8H2,1-4H3/q+1. The Labute approximate surface area is 162 Å². The van der Waals surface area contributed by atoms with Crippen LogP contribution >= 0.6 is 8.20 Å². The third-order valence-electron chi connectivity index (χ3n) is 5.36. The van der Waals surface area contributed by atoms with Crippen molar-refractivity contribution in [3.8, 4) is 0 Å². The number of hydrogen-bond acceptors (Lipinski definition) is 0. The van der Waals surface area contributed by atoms with Crippen LogP contribution in [0, 0.1) is 5.20 Å². The van der Waals surface area contributed by atoms with Crippen LogP contribution in [0.3, 0.4) is 0 Å². The Morgan fingerprint density at radius 2 is 1.22 bits per heavy atom. The van der Waals surface area contributed by atoms with Crippen LogP contribution in [-0.2, 0) is 26.2 Å². The molecule has 0 fully saturated rings. The van der Waals surface area contributed by atoms with E-state index in [0.29, 0.717) is 0 Å². The van der Waals surface area contributed by atoms with E-state index >= 15 is 0 Å². The van der Waals surface area contributed by atoms with Crippen LogP contribution in [0.1, 0.15) is 27.7 Å². The summed E-state index contributed by atoms with van der Waals surface area (Å²) in [5.74, 6) is 0. The number of fused-ring (bicyclic) bond motifs is 2. The number of hydrogen-bond donors (Lipinski definition) is 0. The Kier molecular flexibility index (Phi) is 4.92. The van der Waals surface area contributed by atoms with E-state index in [4.69, 9.17) is 0 Å². The van der Waals surface area contributed by atoms with Crippen LogP contribution in [0.5, 0.6) is 0 Å². The van der Waals surface area contributed by atoms with Crippen LogP contribution in [0.15, 0.2) is 48.5 Å². The maximum atomic E-state index is 2.47. The van der Waals surface area contributed by atoms with E-state index in [0.717, 1.165) is 26.2 Å². The van der Waals surface area contributed by atoms with Crippen molar-refractivity contribution >= 4 is 35.8 Å². The van der Waals surface area contributed by atoms with Gasteiger partial charge in [0.25, 0.3) is 0 Å². The normalized spacial score (nSPS) is 11.9. The molecule has 0 aliphatic carbocycles. The molecule has 4 aromatic rings. The van der Waals surface area contributed by atoms with Gasteiger partial charge in [0.15, 0.2) is 11.0 Å². The zero-order valence-corrected chi connectivity index (χ0v) is 17.6. The molecule has 5 heteroatoms. The average molecular weight is 379 g/mol. The Morgan fingerprint density at radius 1 is 0.704 bits per heavy atom. The van der Waals surface area contributed by atoms with E-state index < -0.39 is 0 Å². The molecule has 0 saturated carbocycles. The van der Waals surface area contributed by atoms with E-state index in [1.54, 1.807) is 0 Å². The molecule has 0 aliphatic rings. The van der Waals surface area contributed by atoms with Crippen molar-refractivity contribution in [1.29, 1.82) is 0 Å². The number of benzene rings is 2. The molecule has 0 radical (unpaired) electrons. The number of para-hydroxylation sites is 4. The number of nitrogens with zero attached hydrogens (tertiary/aromatic N) is 4. The first-order valence-corrected chi connectivity index (χ1v) is 10.9. The highest BCUT2D eigenvalue weighted by molar-refractivity contribution is 7.37. The highest BCUT2D eigenvalue weighted by atomic mass is 31.1. The van der Waals surface area contributed by atoms with Crippen molar-refractivity contribution in [2.45, 2.75) is 53.9 Å². The largest absolute Gasteiger partial charge is 0.322 e. The average Bonchev–Trinajstić information content (AvgIpc) is 3.18. The molecule has 140 valence electrons. The van der Waals surface area contributed by atoms with Gasteiger partial charge in [0.2, 0.25) is 0 Å². The minimum absolute atomic E-state index is 0.980. The van der Waals surface area contributed by atoms with Crippen molar-refractivity contribution in [2.24, 2.45) is 0 Å². The summed E-state index contributed by atoms with van der Waals surface area (Å²) >= 11 is 0. The predicted molar refractivity (Wildman–Crippen MR) is 115 cm³/mol. The second kappa shape index (κ2) is 7.36. The van der Waals surface area contributed by atoms with Crippen molar-refractivity contribution in [2.75, 3.05) is 0 Å². The molecule has 0 N–H and O–H groups in total. The van der Waals surface area contributed by atoms with Gasteiger partial charge in [0, 0.05) is 13.1 Å². The summed E-state index contributed by atoms with van der Waals surface area (Å²) in [6.07, 6.45) is 0. The molecule has 4 rings (SSSR count). The Balaban J connectivity index is 2.14. The van der Waals surface area contributed by atoms with Gasteiger partial charge in [-0.15, -0.1) is 0 Å². The van der Waals surface area contributed by atoms with Crippen LogP contribution in [-0.4, -0.2) is 13.7 Å². The summed E-state index contributed by atoms with van der Waals surface area (Å²) in [6, 6.07) is 17.5. The van der Waals surface area contributed by atoms with Crippen LogP contribution < -0.4 is 10.1 Å². The molecular weight excluding hydrogens is 351 g/mol. The zero-order valence-electron chi connectivity index (χ0n) is 16.7. The fourth-order valence-electron chi connectivity index (χ4n) is 4.14. The fourth-order valence-corrected chi connectivity index (χ4v) is 5.80. The second-order valence-electron chi connectivity index (χ2n) is 6.67. The lowest BCUT2D eigenvalue weighted by atomic mass is 10.3. The SMILES string of the molecule is CCn1c(P=c2n(CC)c3ccccc3n2CC)[n+](CC)c2ccccc21. The molecule has 27 heavy (non-hydrogen) atoms. The Morgan fingerprint density at radius 3 is 1.74 bits per heavy atom. The van der Waals surface area contributed by atoms with Gasteiger partial charge in [0.05, 0.1) is 32.3 Å². The summed E-state index contributed by atoms with van der Waals surface area (Å²) < 4.78 is 9.88. The van der Waals surface area contributed by atoms with Crippen molar-refractivity contribution in [3.05, 3.63) is 53.7 Å². The molecule has 0 bridgehead atoms.